The smallest absolute Gasteiger partial charge is 0.240 e. The van der Waals surface area contributed by atoms with Crippen molar-refractivity contribution in [2.45, 2.75) is 107 Å². The van der Waals surface area contributed by atoms with Gasteiger partial charge in [-0.25, -0.2) is 4.90 Å². The zero-order valence-corrected chi connectivity index (χ0v) is 21.8. The van der Waals surface area contributed by atoms with Crippen LogP contribution in [0.4, 0.5) is 5.69 Å². The third-order valence-electron chi connectivity index (χ3n) is 6.39. The summed E-state index contributed by atoms with van der Waals surface area (Å²) >= 11 is 0. The SMILES string of the molecule is CCC[N+]1=CN(c2cc(C(C)C)c(OC)cc2C(C)C)[C@H](C(C)(C)C)[C@H]1C(C)(C)C. The molecule has 0 spiro atoms. The summed E-state index contributed by atoms with van der Waals surface area (Å²) in [6, 6.07) is 5.55. The van der Waals surface area contributed by atoms with Crippen molar-refractivity contribution in [1.82, 2.24) is 0 Å². The first-order valence-electron chi connectivity index (χ1n) is 11.8. The fraction of sp³-hybridized carbons (Fsp3) is 0.741. The number of anilines is 1. The standard InChI is InChI=1S/C27H47N2O/c1-13-14-28-17-29(25(27(9,10)11)24(28)26(6,7)8)22-15-21(19(4)5)23(30-12)16-20(22)18(2)3/h15-19,24-25H,13-14H2,1-12H3/q+1/t24-,25-/m0/s1. The Morgan fingerprint density at radius 2 is 1.50 bits per heavy atom. The van der Waals surface area contributed by atoms with Crippen molar-refractivity contribution in [3.05, 3.63) is 23.3 Å². The molecule has 0 amide bonds. The molecule has 3 heteroatoms. The molecule has 1 heterocycles. The van der Waals surface area contributed by atoms with Gasteiger partial charge in [0, 0.05) is 22.0 Å². The minimum absolute atomic E-state index is 0.142. The predicted molar refractivity (Wildman–Crippen MR) is 132 cm³/mol. The van der Waals surface area contributed by atoms with Crippen LogP contribution in [0.25, 0.3) is 0 Å². The van der Waals surface area contributed by atoms with Gasteiger partial charge in [0.2, 0.25) is 6.34 Å². The molecule has 0 aliphatic carbocycles. The maximum atomic E-state index is 5.81. The second-order valence-electron chi connectivity index (χ2n) is 11.8. The van der Waals surface area contributed by atoms with E-state index in [0.717, 1.165) is 18.7 Å². The van der Waals surface area contributed by atoms with Crippen molar-refractivity contribution in [2.24, 2.45) is 10.8 Å². The molecule has 0 fully saturated rings. The van der Waals surface area contributed by atoms with E-state index in [4.69, 9.17) is 4.74 Å². The third-order valence-corrected chi connectivity index (χ3v) is 6.39. The van der Waals surface area contributed by atoms with Crippen LogP contribution in [0.5, 0.6) is 5.75 Å². The maximum Gasteiger partial charge on any atom is 0.240 e. The molecule has 0 radical (unpaired) electrons. The molecule has 1 aliphatic heterocycles. The molecule has 170 valence electrons. The van der Waals surface area contributed by atoms with Crippen molar-refractivity contribution in [2.75, 3.05) is 18.6 Å². The second kappa shape index (κ2) is 8.93. The van der Waals surface area contributed by atoms with Gasteiger partial charge in [0.05, 0.1) is 13.7 Å². The van der Waals surface area contributed by atoms with Gasteiger partial charge in [-0.3, -0.25) is 4.58 Å². The number of hydrogen-bond acceptors (Lipinski definition) is 2. The van der Waals surface area contributed by atoms with Gasteiger partial charge < -0.3 is 4.74 Å². The summed E-state index contributed by atoms with van der Waals surface area (Å²) in [5.74, 6) is 1.86. The van der Waals surface area contributed by atoms with Gasteiger partial charge in [-0.15, -0.1) is 0 Å². The van der Waals surface area contributed by atoms with Crippen LogP contribution in [0.2, 0.25) is 0 Å². The van der Waals surface area contributed by atoms with Gasteiger partial charge in [0.15, 0.2) is 0 Å². The van der Waals surface area contributed by atoms with Crippen LogP contribution in [-0.2, 0) is 0 Å². The molecule has 2 rings (SSSR count). The van der Waals surface area contributed by atoms with Gasteiger partial charge >= 0.3 is 0 Å². The lowest BCUT2D eigenvalue weighted by Crippen LogP contribution is -2.53. The number of benzene rings is 1. The zero-order chi connectivity index (χ0) is 23.0. The van der Waals surface area contributed by atoms with E-state index < -0.39 is 0 Å². The first kappa shape index (κ1) is 24.8. The fourth-order valence-corrected chi connectivity index (χ4v) is 5.08. The van der Waals surface area contributed by atoms with Crippen molar-refractivity contribution in [3.63, 3.8) is 0 Å². The van der Waals surface area contributed by atoms with Crippen molar-refractivity contribution in [3.8, 4) is 5.75 Å². The first-order valence-corrected chi connectivity index (χ1v) is 11.8. The van der Waals surface area contributed by atoms with E-state index in [2.05, 4.69) is 104 Å². The molecule has 1 aliphatic rings. The number of nitrogens with zero attached hydrogens (tertiary/aromatic N) is 2. The first-order chi connectivity index (χ1) is 13.7. The Morgan fingerprint density at radius 3 is 1.90 bits per heavy atom. The number of hydrogen-bond donors (Lipinski definition) is 0. The summed E-state index contributed by atoms with van der Waals surface area (Å²) in [5, 5.41) is 0. The highest BCUT2D eigenvalue weighted by Crippen LogP contribution is 2.45. The third kappa shape index (κ3) is 4.86. The minimum atomic E-state index is 0.142. The number of rotatable bonds is 6. The molecule has 1 aromatic carbocycles. The van der Waals surface area contributed by atoms with E-state index in [0.29, 0.717) is 23.9 Å². The summed E-state index contributed by atoms with van der Waals surface area (Å²) in [6.45, 7) is 26.9. The average molecular weight is 416 g/mol. The summed E-state index contributed by atoms with van der Waals surface area (Å²) < 4.78 is 8.42. The van der Waals surface area contributed by atoms with Gasteiger partial charge in [0.25, 0.3) is 0 Å². The highest BCUT2D eigenvalue weighted by atomic mass is 16.5. The fourth-order valence-electron chi connectivity index (χ4n) is 5.08. The maximum absolute atomic E-state index is 5.81. The molecular formula is C27H47N2O+. The molecule has 0 aromatic heterocycles. The molecular weight excluding hydrogens is 368 g/mol. The van der Waals surface area contributed by atoms with Crippen LogP contribution in [0.1, 0.15) is 106 Å². The molecule has 0 saturated carbocycles. The van der Waals surface area contributed by atoms with E-state index >= 15 is 0 Å². The normalized spacial score (nSPS) is 20.3. The Labute approximate surface area is 186 Å². The van der Waals surface area contributed by atoms with E-state index in [1.807, 2.05) is 0 Å². The Kier molecular flexibility index (Phi) is 7.37. The summed E-state index contributed by atoms with van der Waals surface area (Å²) in [7, 11) is 1.80. The van der Waals surface area contributed by atoms with Gasteiger partial charge in [-0.05, 0) is 30.4 Å². The Balaban J connectivity index is 2.80. The lowest BCUT2D eigenvalue weighted by molar-refractivity contribution is -0.573. The monoisotopic (exact) mass is 415 g/mol. The van der Waals surface area contributed by atoms with Crippen molar-refractivity contribution < 1.29 is 9.31 Å². The van der Waals surface area contributed by atoms with Crippen LogP contribution in [0.3, 0.4) is 0 Å². The van der Waals surface area contributed by atoms with Gasteiger partial charge in [-0.2, -0.15) is 0 Å². The molecule has 0 N–H and O–H groups in total. The summed E-state index contributed by atoms with van der Waals surface area (Å²) in [6.07, 6.45) is 3.58. The Hall–Kier alpha value is -1.51. The quantitative estimate of drug-likeness (QED) is 0.463. The lowest BCUT2D eigenvalue weighted by Gasteiger charge is -2.39. The highest BCUT2D eigenvalue weighted by Gasteiger charge is 2.54. The predicted octanol–water partition coefficient (Wildman–Crippen LogP) is 7.04. The van der Waals surface area contributed by atoms with Crippen molar-refractivity contribution >= 4 is 12.0 Å². The van der Waals surface area contributed by atoms with E-state index in [1.165, 1.54) is 16.8 Å². The average Bonchev–Trinajstić information content (AvgIpc) is 3.00. The van der Waals surface area contributed by atoms with Crippen LogP contribution in [0.15, 0.2) is 12.1 Å². The van der Waals surface area contributed by atoms with Crippen LogP contribution in [0, 0.1) is 10.8 Å². The zero-order valence-electron chi connectivity index (χ0n) is 21.8. The topological polar surface area (TPSA) is 15.5 Å². The van der Waals surface area contributed by atoms with Gasteiger partial charge in [-0.1, -0.05) is 76.2 Å². The molecule has 0 bridgehead atoms. The second-order valence-corrected chi connectivity index (χ2v) is 11.8. The van der Waals surface area contributed by atoms with Crippen LogP contribution >= 0.6 is 0 Å². The minimum Gasteiger partial charge on any atom is -0.496 e. The Bertz CT molecular complexity index is 762. The van der Waals surface area contributed by atoms with Crippen molar-refractivity contribution in [1.29, 1.82) is 0 Å². The summed E-state index contributed by atoms with van der Waals surface area (Å²) in [4.78, 5) is 2.60. The van der Waals surface area contributed by atoms with E-state index in [9.17, 15) is 0 Å². The Morgan fingerprint density at radius 1 is 0.933 bits per heavy atom. The molecule has 0 saturated heterocycles. The van der Waals surface area contributed by atoms with Gasteiger partial charge in [0.1, 0.15) is 23.5 Å². The number of ether oxygens (including phenoxy) is 1. The van der Waals surface area contributed by atoms with E-state index in [-0.39, 0.29) is 10.8 Å². The molecule has 2 atom stereocenters. The molecule has 1 aromatic rings. The van der Waals surface area contributed by atoms with E-state index in [1.54, 1.807) is 7.11 Å². The lowest BCUT2D eigenvalue weighted by atomic mass is 9.72. The van der Waals surface area contributed by atoms with Crippen LogP contribution < -0.4 is 9.64 Å². The summed E-state index contributed by atoms with van der Waals surface area (Å²) in [5.41, 5.74) is 4.33. The molecule has 30 heavy (non-hydrogen) atoms. The van der Waals surface area contributed by atoms with Crippen LogP contribution in [-0.4, -0.2) is 36.7 Å². The largest absolute Gasteiger partial charge is 0.496 e. The molecule has 0 unspecified atom stereocenters. The number of methoxy groups -OCH3 is 1. The molecule has 3 nitrogen and oxygen atoms in total. The highest BCUT2D eigenvalue weighted by molar-refractivity contribution is 5.82.